The average Bonchev–Trinajstić information content (AvgIpc) is 3.38. The lowest BCUT2D eigenvalue weighted by Crippen LogP contribution is -2.51. The summed E-state index contributed by atoms with van der Waals surface area (Å²) in [6.45, 7) is 7.19. The van der Waals surface area contributed by atoms with Gasteiger partial charge in [-0.15, -0.1) is 0 Å². The summed E-state index contributed by atoms with van der Waals surface area (Å²) in [6, 6.07) is 12.9. The maximum Gasteiger partial charge on any atom is 0.243 e. The van der Waals surface area contributed by atoms with Gasteiger partial charge in [0.2, 0.25) is 11.8 Å². The summed E-state index contributed by atoms with van der Waals surface area (Å²) >= 11 is 6.43. The molecule has 0 radical (unpaired) electrons. The van der Waals surface area contributed by atoms with Crippen molar-refractivity contribution in [3.8, 4) is 11.5 Å². The van der Waals surface area contributed by atoms with Crippen LogP contribution in [0.1, 0.15) is 70.4 Å². The molecule has 2 aromatic carbocycles. The van der Waals surface area contributed by atoms with Gasteiger partial charge in [0.25, 0.3) is 0 Å². The van der Waals surface area contributed by atoms with Crippen LogP contribution in [0.25, 0.3) is 0 Å². The molecular formula is C29H39ClN2O4. The van der Waals surface area contributed by atoms with E-state index in [9.17, 15) is 9.59 Å². The summed E-state index contributed by atoms with van der Waals surface area (Å²) in [5.41, 5.74) is 1.82. The van der Waals surface area contributed by atoms with Crippen molar-refractivity contribution >= 4 is 23.4 Å². The van der Waals surface area contributed by atoms with Crippen LogP contribution in [0, 0.1) is 0 Å². The molecule has 0 aliphatic heterocycles. The molecule has 0 saturated heterocycles. The zero-order valence-electron chi connectivity index (χ0n) is 21.7. The van der Waals surface area contributed by atoms with Crippen LogP contribution in [0.4, 0.5) is 0 Å². The van der Waals surface area contributed by atoms with Gasteiger partial charge in [-0.1, -0.05) is 55.6 Å². The Kier molecular flexibility index (Phi) is 10.9. The first kappa shape index (κ1) is 27.9. The Morgan fingerprint density at radius 1 is 1.03 bits per heavy atom. The lowest BCUT2D eigenvalue weighted by molar-refractivity contribution is -0.141. The van der Waals surface area contributed by atoms with Gasteiger partial charge in [0.1, 0.15) is 6.04 Å². The number of nitrogens with one attached hydrogen (secondary N) is 1. The van der Waals surface area contributed by atoms with Crippen LogP contribution in [0.15, 0.2) is 42.5 Å². The first-order chi connectivity index (χ1) is 17.5. The largest absolute Gasteiger partial charge is 0.490 e. The van der Waals surface area contributed by atoms with Gasteiger partial charge >= 0.3 is 0 Å². The second kappa shape index (κ2) is 14.1. The number of amides is 2. The van der Waals surface area contributed by atoms with Gasteiger partial charge in [-0.3, -0.25) is 9.59 Å². The van der Waals surface area contributed by atoms with Crippen molar-refractivity contribution in [1.82, 2.24) is 10.2 Å². The van der Waals surface area contributed by atoms with Gasteiger partial charge < -0.3 is 19.7 Å². The summed E-state index contributed by atoms with van der Waals surface area (Å²) < 4.78 is 11.4. The first-order valence-electron chi connectivity index (χ1n) is 13.2. The smallest absolute Gasteiger partial charge is 0.243 e. The predicted octanol–water partition coefficient (Wildman–Crippen LogP) is 5.94. The van der Waals surface area contributed by atoms with E-state index in [2.05, 4.69) is 5.32 Å². The van der Waals surface area contributed by atoms with Gasteiger partial charge in [-0.2, -0.15) is 0 Å². The lowest BCUT2D eigenvalue weighted by atomic mass is 10.0. The van der Waals surface area contributed by atoms with Crippen LogP contribution in [0.2, 0.25) is 5.02 Å². The highest BCUT2D eigenvalue weighted by molar-refractivity contribution is 6.31. The van der Waals surface area contributed by atoms with Crippen molar-refractivity contribution in [2.24, 2.45) is 0 Å². The zero-order valence-corrected chi connectivity index (χ0v) is 22.5. The van der Waals surface area contributed by atoms with E-state index < -0.39 is 6.04 Å². The quantitative estimate of drug-likeness (QED) is 0.359. The molecule has 1 aliphatic rings. The fourth-order valence-electron chi connectivity index (χ4n) is 4.74. The van der Waals surface area contributed by atoms with E-state index in [1.807, 2.05) is 63.2 Å². The minimum atomic E-state index is -0.548. The Morgan fingerprint density at radius 2 is 1.72 bits per heavy atom. The van der Waals surface area contributed by atoms with Gasteiger partial charge in [0, 0.05) is 24.0 Å². The van der Waals surface area contributed by atoms with Crippen molar-refractivity contribution in [2.45, 2.75) is 84.3 Å². The van der Waals surface area contributed by atoms with Crippen LogP contribution in [-0.4, -0.2) is 42.0 Å². The normalized spacial score (nSPS) is 14.3. The Morgan fingerprint density at radius 3 is 2.39 bits per heavy atom. The second-order valence-electron chi connectivity index (χ2n) is 9.17. The predicted molar refractivity (Wildman–Crippen MR) is 144 cm³/mol. The highest BCUT2D eigenvalue weighted by atomic mass is 35.5. The minimum absolute atomic E-state index is 0.0739. The average molecular weight is 515 g/mol. The third-order valence-corrected chi connectivity index (χ3v) is 6.99. The maximum absolute atomic E-state index is 13.6. The summed E-state index contributed by atoms with van der Waals surface area (Å²) in [6.07, 6.45) is 5.61. The first-order valence-corrected chi connectivity index (χ1v) is 13.6. The van der Waals surface area contributed by atoms with E-state index in [0.717, 1.165) is 36.8 Å². The van der Waals surface area contributed by atoms with Crippen molar-refractivity contribution in [3.63, 3.8) is 0 Å². The molecule has 2 aromatic rings. The Hall–Kier alpha value is -2.73. The number of carbonyl (C=O) groups excluding carboxylic acids is 2. The molecule has 2 amide bonds. The molecule has 1 saturated carbocycles. The van der Waals surface area contributed by atoms with E-state index in [0.29, 0.717) is 49.1 Å². The Bertz CT molecular complexity index is 1010. The molecule has 0 spiro atoms. The molecule has 0 bridgehead atoms. The number of nitrogens with zero attached hydrogens (tertiary/aromatic N) is 1. The minimum Gasteiger partial charge on any atom is -0.490 e. The fourth-order valence-corrected chi connectivity index (χ4v) is 4.94. The van der Waals surface area contributed by atoms with Crippen LogP contribution < -0.4 is 14.8 Å². The molecule has 1 aliphatic carbocycles. The number of hydrogen-bond donors (Lipinski definition) is 1. The van der Waals surface area contributed by atoms with E-state index >= 15 is 0 Å². The number of hydrogen-bond acceptors (Lipinski definition) is 4. The topological polar surface area (TPSA) is 67.9 Å². The van der Waals surface area contributed by atoms with Crippen molar-refractivity contribution in [2.75, 3.05) is 13.2 Å². The Balaban J connectivity index is 1.77. The number of rotatable bonds is 13. The molecule has 0 unspecified atom stereocenters. The summed E-state index contributed by atoms with van der Waals surface area (Å²) in [7, 11) is 0. The van der Waals surface area contributed by atoms with E-state index in [4.69, 9.17) is 21.1 Å². The number of ether oxygens (including phenoxy) is 2. The molecule has 1 atom stereocenters. The third-order valence-electron chi connectivity index (χ3n) is 6.62. The van der Waals surface area contributed by atoms with Gasteiger partial charge in [-0.25, -0.2) is 0 Å². The SMILES string of the molecule is CCOc1ccc(CCC(=O)N(Cc2ccccc2Cl)[C@@H](CC)C(=O)NC2CCCC2)cc1OCC. The highest BCUT2D eigenvalue weighted by Gasteiger charge is 2.30. The molecule has 3 rings (SSSR count). The van der Waals surface area contributed by atoms with Gasteiger partial charge in [-0.05, 0) is 68.9 Å². The molecule has 7 heteroatoms. The number of aryl methyl sites for hydroxylation is 1. The third kappa shape index (κ3) is 7.63. The molecular weight excluding hydrogens is 476 g/mol. The van der Waals surface area contributed by atoms with Crippen molar-refractivity contribution in [3.05, 3.63) is 58.6 Å². The summed E-state index contributed by atoms with van der Waals surface area (Å²) in [5.74, 6) is 1.23. The molecule has 0 heterocycles. The number of halogens is 1. The summed E-state index contributed by atoms with van der Waals surface area (Å²) in [4.78, 5) is 28.6. The maximum atomic E-state index is 13.6. The fraction of sp³-hybridized carbons (Fsp3) is 0.517. The van der Waals surface area contributed by atoms with Gasteiger partial charge in [0.15, 0.2) is 11.5 Å². The Labute approximate surface area is 220 Å². The van der Waals surface area contributed by atoms with E-state index in [1.54, 1.807) is 4.90 Å². The standard InChI is InChI=1S/C29H39ClN2O4/c1-4-25(29(34)31-23-12-8-9-13-23)32(20-22-11-7-10-14-24(22)30)28(33)18-16-21-15-17-26(35-5-2)27(19-21)36-6-3/h7,10-11,14-15,17,19,23,25H,4-6,8-9,12-13,16,18,20H2,1-3H3,(H,31,34)/t25-/m0/s1. The molecule has 1 fully saturated rings. The molecule has 196 valence electrons. The van der Waals surface area contributed by atoms with Crippen molar-refractivity contribution < 1.29 is 19.1 Å². The molecule has 36 heavy (non-hydrogen) atoms. The second-order valence-corrected chi connectivity index (χ2v) is 9.58. The summed E-state index contributed by atoms with van der Waals surface area (Å²) in [5, 5.41) is 3.77. The number of benzene rings is 2. The lowest BCUT2D eigenvalue weighted by Gasteiger charge is -2.32. The molecule has 1 N–H and O–H groups in total. The number of carbonyl (C=O) groups is 2. The monoisotopic (exact) mass is 514 g/mol. The van der Waals surface area contributed by atoms with E-state index in [1.165, 1.54) is 0 Å². The van der Waals surface area contributed by atoms with Crippen LogP contribution >= 0.6 is 11.6 Å². The molecule has 0 aromatic heterocycles. The van der Waals surface area contributed by atoms with Crippen molar-refractivity contribution in [1.29, 1.82) is 0 Å². The highest BCUT2D eigenvalue weighted by Crippen LogP contribution is 2.29. The van der Waals surface area contributed by atoms with Gasteiger partial charge in [0.05, 0.1) is 13.2 Å². The van der Waals surface area contributed by atoms with Crippen LogP contribution in [-0.2, 0) is 22.6 Å². The van der Waals surface area contributed by atoms with Crippen LogP contribution in [0.3, 0.4) is 0 Å². The van der Waals surface area contributed by atoms with Crippen LogP contribution in [0.5, 0.6) is 11.5 Å². The van der Waals surface area contributed by atoms with E-state index in [-0.39, 0.29) is 24.3 Å². The molecule has 6 nitrogen and oxygen atoms in total. The zero-order chi connectivity index (χ0) is 25.9.